The van der Waals surface area contributed by atoms with Gasteiger partial charge in [0.2, 0.25) is 0 Å². The number of fused-ring (bicyclic) bond motifs is 1. The predicted molar refractivity (Wildman–Crippen MR) is 80.2 cm³/mol. The molecule has 0 radical (unpaired) electrons. The van der Waals surface area contributed by atoms with Gasteiger partial charge in [0.05, 0.1) is 24.8 Å². The van der Waals surface area contributed by atoms with E-state index in [2.05, 4.69) is 0 Å². The number of nitrogens with zero attached hydrogens (tertiary/aromatic N) is 1. The molecule has 1 aromatic carbocycles. The summed E-state index contributed by atoms with van der Waals surface area (Å²) in [5.41, 5.74) is 0.344. The Labute approximate surface area is 134 Å². The lowest BCUT2D eigenvalue weighted by Gasteiger charge is -2.42. The number of hydrogen-bond donors (Lipinski definition) is 3. The smallest absolute Gasteiger partial charge is 0.338 e. The first-order chi connectivity index (χ1) is 11.0. The molecule has 2 saturated heterocycles. The van der Waals surface area contributed by atoms with Crippen molar-refractivity contribution >= 4 is 5.97 Å². The topological polar surface area (TPSA) is 99.5 Å². The molecule has 1 unspecified atom stereocenters. The molecule has 7 nitrogen and oxygen atoms in total. The van der Waals surface area contributed by atoms with Gasteiger partial charge in [-0.15, -0.1) is 0 Å². The van der Waals surface area contributed by atoms with Crippen molar-refractivity contribution in [2.45, 2.75) is 36.9 Å². The monoisotopic (exact) mass is 323 g/mol. The predicted octanol–water partition coefficient (Wildman–Crippen LogP) is -0.609. The van der Waals surface area contributed by atoms with Gasteiger partial charge >= 0.3 is 5.97 Å². The van der Waals surface area contributed by atoms with Crippen molar-refractivity contribution in [2.75, 3.05) is 20.2 Å². The Hall–Kier alpha value is -1.67. The minimum absolute atomic E-state index is 0.294. The maximum Gasteiger partial charge on any atom is 0.338 e. The molecule has 0 aliphatic carbocycles. The Morgan fingerprint density at radius 1 is 1.17 bits per heavy atom. The van der Waals surface area contributed by atoms with E-state index in [1.165, 1.54) is 7.11 Å². The van der Waals surface area contributed by atoms with Crippen LogP contribution in [-0.2, 0) is 4.74 Å². The van der Waals surface area contributed by atoms with Gasteiger partial charge in [0.25, 0.3) is 0 Å². The van der Waals surface area contributed by atoms with Crippen LogP contribution < -0.4 is 4.74 Å². The van der Waals surface area contributed by atoms with Crippen molar-refractivity contribution in [3.8, 4) is 5.75 Å². The average molecular weight is 323 g/mol. The van der Waals surface area contributed by atoms with Gasteiger partial charge in [0, 0.05) is 13.1 Å². The summed E-state index contributed by atoms with van der Waals surface area (Å²) in [4.78, 5) is 14.1. The number of esters is 1. The molecule has 0 spiro atoms. The molecule has 0 aromatic heterocycles. The van der Waals surface area contributed by atoms with Gasteiger partial charge in [-0.05, 0) is 30.7 Å². The van der Waals surface area contributed by atoms with Crippen LogP contribution in [-0.4, -0.2) is 76.8 Å². The van der Waals surface area contributed by atoms with Crippen LogP contribution in [0.3, 0.4) is 0 Å². The maximum atomic E-state index is 12.2. The van der Waals surface area contributed by atoms with Crippen LogP contribution in [0.4, 0.5) is 0 Å². The van der Waals surface area contributed by atoms with Crippen molar-refractivity contribution in [3.63, 3.8) is 0 Å². The number of ether oxygens (including phenoxy) is 2. The van der Waals surface area contributed by atoms with Crippen LogP contribution in [0.25, 0.3) is 0 Å². The molecule has 0 bridgehead atoms. The van der Waals surface area contributed by atoms with Crippen LogP contribution in [0.1, 0.15) is 16.8 Å². The molecule has 5 atom stereocenters. The molecular formula is C16H21NO6. The zero-order chi connectivity index (χ0) is 16.6. The number of piperidine rings is 1. The highest BCUT2D eigenvalue weighted by molar-refractivity contribution is 5.89. The van der Waals surface area contributed by atoms with E-state index < -0.39 is 36.4 Å². The number of benzene rings is 1. The zero-order valence-electron chi connectivity index (χ0n) is 12.8. The molecule has 3 N–H and O–H groups in total. The number of aliphatic hydroxyl groups is 3. The van der Waals surface area contributed by atoms with Crippen molar-refractivity contribution in [1.29, 1.82) is 0 Å². The number of aliphatic hydroxyl groups excluding tert-OH is 3. The zero-order valence-corrected chi connectivity index (χ0v) is 12.8. The lowest BCUT2D eigenvalue weighted by atomic mass is 9.93. The summed E-state index contributed by atoms with van der Waals surface area (Å²) in [7, 11) is 1.54. The number of hydrogen-bond acceptors (Lipinski definition) is 7. The molecule has 3 rings (SSSR count). The normalized spacial score (nSPS) is 34.0. The quantitative estimate of drug-likeness (QED) is 0.638. The third kappa shape index (κ3) is 3.05. The number of carbonyl (C=O) groups excluding carboxylic acids is 1. The molecule has 0 amide bonds. The Morgan fingerprint density at radius 2 is 1.87 bits per heavy atom. The van der Waals surface area contributed by atoms with Gasteiger partial charge in [-0.2, -0.15) is 0 Å². The van der Waals surface area contributed by atoms with Crippen molar-refractivity contribution < 1.29 is 29.6 Å². The van der Waals surface area contributed by atoms with Gasteiger partial charge in [0.1, 0.15) is 24.1 Å². The fourth-order valence-electron chi connectivity index (χ4n) is 3.32. The summed E-state index contributed by atoms with van der Waals surface area (Å²) in [6, 6.07) is 5.95. The molecule has 126 valence electrons. The fraction of sp³-hybridized carbons (Fsp3) is 0.562. The second-order valence-corrected chi connectivity index (χ2v) is 5.99. The van der Waals surface area contributed by atoms with E-state index in [0.29, 0.717) is 30.8 Å². The minimum atomic E-state index is -1.22. The van der Waals surface area contributed by atoms with E-state index in [-0.39, 0.29) is 0 Å². The number of methoxy groups -OCH3 is 1. The standard InChI is InChI=1S/C16H21NO6/c1-22-10-4-2-9(3-5-10)16(21)23-12-8-17-7-6-11(18)13(17)15(20)14(12)19/h2-5,11-15,18-20H,6-8H2,1H3/t11-,12-,13?,14+,15+/m0/s1. The summed E-state index contributed by atoms with van der Waals surface area (Å²) in [5, 5.41) is 30.3. The Kier molecular flexibility index (Phi) is 4.54. The fourth-order valence-corrected chi connectivity index (χ4v) is 3.32. The first-order valence-corrected chi connectivity index (χ1v) is 7.64. The third-order valence-corrected chi connectivity index (χ3v) is 4.61. The van der Waals surface area contributed by atoms with Crippen LogP contribution in [0.2, 0.25) is 0 Å². The van der Waals surface area contributed by atoms with Crippen molar-refractivity contribution in [3.05, 3.63) is 29.8 Å². The van der Waals surface area contributed by atoms with E-state index in [0.717, 1.165) is 0 Å². The summed E-state index contributed by atoms with van der Waals surface area (Å²) >= 11 is 0. The third-order valence-electron chi connectivity index (χ3n) is 4.61. The lowest BCUT2D eigenvalue weighted by molar-refractivity contribution is -0.143. The van der Waals surface area contributed by atoms with Crippen molar-refractivity contribution in [1.82, 2.24) is 4.90 Å². The Balaban J connectivity index is 1.68. The molecule has 2 heterocycles. The number of rotatable bonds is 3. The van der Waals surface area contributed by atoms with Crippen LogP contribution in [0.5, 0.6) is 5.75 Å². The highest BCUT2D eigenvalue weighted by Crippen LogP contribution is 2.29. The first kappa shape index (κ1) is 16.2. The van der Waals surface area contributed by atoms with Gasteiger partial charge in [-0.25, -0.2) is 4.79 Å². The van der Waals surface area contributed by atoms with Crippen LogP contribution >= 0.6 is 0 Å². The molecule has 2 aliphatic heterocycles. The van der Waals surface area contributed by atoms with E-state index in [1.54, 1.807) is 24.3 Å². The minimum Gasteiger partial charge on any atom is -0.497 e. The Morgan fingerprint density at radius 3 is 2.52 bits per heavy atom. The van der Waals surface area contributed by atoms with Crippen LogP contribution in [0.15, 0.2) is 24.3 Å². The molecule has 23 heavy (non-hydrogen) atoms. The molecular weight excluding hydrogens is 302 g/mol. The second-order valence-electron chi connectivity index (χ2n) is 5.99. The van der Waals surface area contributed by atoms with E-state index in [4.69, 9.17) is 9.47 Å². The van der Waals surface area contributed by atoms with Gasteiger partial charge < -0.3 is 24.8 Å². The number of carbonyl (C=O) groups is 1. The summed E-state index contributed by atoms with van der Waals surface area (Å²) < 4.78 is 10.4. The summed E-state index contributed by atoms with van der Waals surface area (Å²) in [6.07, 6.45) is -3.33. The molecule has 2 aliphatic rings. The van der Waals surface area contributed by atoms with E-state index in [9.17, 15) is 20.1 Å². The molecule has 1 aromatic rings. The first-order valence-electron chi connectivity index (χ1n) is 7.64. The van der Waals surface area contributed by atoms with Crippen molar-refractivity contribution in [2.24, 2.45) is 0 Å². The molecule has 7 heteroatoms. The maximum absolute atomic E-state index is 12.2. The second kappa shape index (κ2) is 6.45. The van der Waals surface area contributed by atoms with Gasteiger partial charge in [-0.3, -0.25) is 4.90 Å². The highest BCUT2D eigenvalue weighted by atomic mass is 16.6. The van der Waals surface area contributed by atoms with Gasteiger partial charge in [0.15, 0.2) is 0 Å². The Bertz CT molecular complexity index is 562. The van der Waals surface area contributed by atoms with Gasteiger partial charge in [-0.1, -0.05) is 0 Å². The molecule has 2 fully saturated rings. The van der Waals surface area contributed by atoms with E-state index >= 15 is 0 Å². The lowest BCUT2D eigenvalue weighted by Crippen LogP contribution is -2.62. The average Bonchev–Trinajstić information content (AvgIpc) is 2.93. The largest absolute Gasteiger partial charge is 0.497 e. The highest BCUT2D eigenvalue weighted by Gasteiger charge is 2.49. The summed E-state index contributed by atoms with van der Waals surface area (Å²) in [6.45, 7) is 0.897. The van der Waals surface area contributed by atoms with Crippen LogP contribution in [0, 0.1) is 0 Å². The molecule has 0 saturated carbocycles. The SMILES string of the molecule is COc1ccc(C(=O)O[C@H]2CN3CC[C@H](O)C3[C@@H](O)[C@@H]2O)cc1. The summed E-state index contributed by atoms with van der Waals surface area (Å²) in [5.74, 6) is 0.0608. The van der Waals surface area contributed by atoms with E-state index in [1.807, 2.05) is 4.90 Å².